The van der Waals surface area contributed by atoms with Crippen LogP contribution in [0.25, 0.3) is 0 Å². The van der Waals surface area contributed by atoms with Gasteiger partial charge < -0.3 is 9.47 Å². The van der Waals surface area contributed by atoms with E-state index in [9.17, 15) is 14.0 Å². The van der Waals surface area contributed by atoms with Gasteiger partial charge >= 0.3 is 11.9 Å². The van der Waals surface area contributed by atoms with Crippen LogP contribution in [-0.4, -0.2) is 25.2 Å². The van der Waals surface area contributed by atoms with E-state index in [4.69, 9.17) is 9.47 Å². The molecule has 1 aromatic carbocycles. The molecule has 0 aliphatic heterocycles. The van der Waals surface area contributed by atoms with Crippen molar-refractivity contribution < 1.29 is 23.5 Å². The van der Waals surface area contributed by atoms with Gasteiger partial charge in [0.05, 0.1) is 24.3 Å². The molecule has 0 spiro atoms. The minimum atomic E-state index is -0.689. The molecule has 1 rings (SSSR count). The maximum absolute atomic E-state index is 13.6. The number of rotatable bonds is 12. The lowest BCUT2D eigenvalue weighted by atomic mass is 10.1. The first-order valence-electron chi connectivity index (χ1n) is 9.95. The number of benzene rings is 1. The SMILES string of the molecule is CC(C)CCCCOC(=O)c1ccc(F)cc1C(=O)OCCCCC(C)C. The lowest BCUT2D eigenvalue weighted by molar-refractivity contribution is 0.0449. The summed E-state index contributed by atoms with van der Waals surface area (Å²) in [4.78, 5) is 24.6. The van der Waals surface area contributed by atoms with Crippen LogP contribution in [0.1, 0.15) is 86.9 Å². The Morgan fingerprint density at radius 1 is 0.815 bits per heavy atom. The molecule has 27 heavy (non-hydrogen) atoms. The van der Waals surface area contributed by atoms with E-state index in [1.165, 1.54) is 6.07 Å². The molecule has 4 nitrogen and oxygen atoms in total. The molecular weight excluding hydrogens is 347 g/mol. The van der Waals surface area contributed by atoms with Crippen LogP contribution in [0.5, 0.6) is 0 Å². The maximum atomic E-state index is 13.6. The average molecular weight is 381 g/mol. The number of esters is 2. The Morgan fingerprint density at radius 2 is 1.30 bits per heavy atom. The number of unbranched alkanes of at least 4 members (excludes halogenated alkanes) is 2. The summed E-state index contributed by atoms with van der Waals surface area (Å²) in [6.45, 7) is 9.10. The molecule has 0 aliphatic carbocycles. The van der Waals surface area contributed by atoms with Crippen LogP contribution in [0.2, 0.25) is 0 Å². The van der Waals surface area contributed by atoms with Crippen molar-refractivity contribution in [1.29, 1.82) is 0 Å². The third-order valence-electron chi connectivity index (χ3n) is 4.24. The Morgan fingerprint density at radius 3 is 1.78 bits per heavy atom. The van der Waals surface area contributed by atoms with E-state index in [1.54, 1.807) is 0 Å². The van der Waals surface area contributed by atoms with Gasteiger partial charge in [-0.25, -0.2) is 14.0 Å². The van der Waals surface area contributed by atoms with Crippen LogP contribution in [0.3, 0.4) is 0 Å². The number of hydrogen-bond acceptors (Lipinski definition) is 4. The lowest BCUT2D eigenvalue weighted by Gasteiger charge is -2.11. The molecule has 0 fully saturated rings. The predicted octanol–water partition coefficient (Wildman–Crippen LogP) is 5.79. The monoisotopic (exact) mass is 380 g/mol. The number of carbonyl (C=O) groups excluding carboxylic acids is 2. The Balaban J connectivity index is 2.57. The minimum Gasteiger partial charge on any atom is -0.462 e. The van der Waals surface area contributed by atoms with Crippen LogP contribution in [-0.2, 0) is 9.47 Å². The van der Waals surface area contributed by atoms with Crippen molar-refractivity contribution in [2.24, 2.45) is 11.8 Å². The van der Waals surface area contributed by atoms with Gasteiger partial charge in [0, 0.05) is 0 Å². The van der Waals surface area contributed by atoms with Crippen LogP contribution in [0.4, 0.5) is 4.39 Å². The molecule has 0 aliphatic rings. The van der Waals surface area contributed by atoms with Crippen LogP contribution < -0.4 is 0 Å². The van der Waals surface area contributed by atoms with Gasteiger partial charge in [0.15, 0.2) is 0 Å². The normalized spacial score (nSPS) is 11.1. The molecule has 0 N–H and O–H groups in total. The van der Waals surface area contributed by atoms with E-state index in [-0.39, 0.29) is 24.3 Å². The molecule has 0 amide bonds. The van der Waals surface area contributed by atoms with E-state index in [0.29, 0.717) is 11.8 Å². The quantitative estimate of drug-likeness (QED) is 0.340. The number of carbonyl (C=O) groups is 2. The van der Waals surface area contributed by atoms with Crippen molar-refractivity contribution in [3.8, 4) is 0 Å². The molecule has 0 unspecified atom stereocenters. The summed E-state index contributed by atoms with van der Waals surface area (Å²) >= 11 is 0. The lowest BCUT2D eigenvalue weighted by Crippen LogP contribution is -2.15. The zero-order chi connectivity index (χ0) is 20.2. The third kappa shape index (κ3) is 9.55. The van der Waals surface area contributed by atoms with Gasteiger partial charge in [-0.3, -0.25) is 0 Å². The first-order chi connectivity index (χ1) is 12.8. The van der Waals surface area contributed by atoms with Crippen molar-refractivity contribution >= 4 is 11.9 Å². The summed E-state index contributed by atoms with van der Waals surface area (Å²) in [6, 6.07) is 3.46. The van der Waals surface area contributed by atoms with Crippen LogP contribution >= 0.6 is 0 Å². The fourth-order valence-corrected chi connectivity index (χ4v) is 2.66. The molecule has 5 heteroatoms. The highest BCUT2D eigenvalue weighted by atomic mass is 19.1. The summed E-state index contributed by atoms with van der Waals surface area (Å²) in [7, 11) is 0. The highest BCUT2D eigenvalue weighted by Crippen LogP contribution is 2.16. The predicted molar refractivity (Wildman–Crippen MR) is 104 cm³/mol. The zero-order valence-electron chi connectivity index (χ0n) is 17.1. The summed E-state index contributed by atoms with van der Waals surface area (Å²) in [5.41, 5.74) is -0.0292. The Hall–Kier alpha value is -1.91. The summed E-state index contributed by atoms with van der Waals surface area (Å²) in [6.07, 6.45) is 5.57. The first-order valence-corrected chi connectivity index (χ1v) is 9.95. The largest absolute Gasteiger partial charge is 0.462 e. The number of halogens is 1. The molecule has 0 saturated heterocycles. The second-order valence-electron chi connectivity index (χ2n) is 7.74. The highest BCUT2D eigenvalue weighted by Gasteiger charge is 2.20. The maximum Gasteiger partial charge on any atom is 0.339 e. The minimum absolute atomic E-state index is 0.0486. The van der Waals surface area contributed by atoms with Gasteiger partial charge in [-0.1, -0.05) is 40.5 Å². The van der Waals surface area contributed by atoms with E-state index in [2.05, 4.69) is 27.7 Å². The molecule has 152 valence electrons. The first kappa shape index (κ1) is 23.1. The molecule has 0 aromatic heterocycles. The van der Waals surface area contributed by atoms with E-state index < -0.39 is 17.8 Å². The van der Waals surface area contributed by atoms with Gasteiger partial charge in [0.1, 0.15) is 5.82 Å². The Labute approximate surface area is 162 Å². The number of hydrogen-bond donors (Lipinski definition) is 0. The third-order valence-corrected chi connectivity index (χ3v) is 4.24. The van der Waals surface area contributed by atoms with Crippen molar-refractivity contribution in [2.75, 3.05) is 13.2 Å². The van der Waals surface area contributed by atoms with Crippen molar-refractivity contribution in [3.05, 3.63) is 35.1 Å². The fraction of sp³-hybridized carbons (Fsp3) is 0.636. The van der Waals surface area contributed by atoms with Gasteiger partial charge in [-0.05, 0) is 55.7 Å². The highest BCUT2D eigenvalue weighted by molar-refractivity contribution is 6.03. The van der Waals surface area contributed by atoms with Gasteiger partial charge in [-0.2, -0.15) is 0 Å². The van der Waals surface area contributed by atoms with Crippen molar-refractivity contribution in [3.63, 3.8) is 0 Å². The van der Waals surface area contributed by atoms with Crippen LogP contribution in [0, 0.1) is 17.7 Å². The summed E-state index contributed by atoms with van der Waals surface area (Å²) in [5, 5.41) is 0. The van der Waals surface area contributed by atoms with E-state index in [0.717, 1.165) is 50.7 Å². The fourth-order valence-electron chi connectivity index (χ4n) is 2.66. The standard InChI is InChI=1S/C22H33FO4/c1-16(2)9-5-7-13-26-21(24)19-12-11-18(23)15-20(19)22(25)27-14-8-6-10-17(3)4/h11-12,15-17H,5-10,13-14H2,1-4H3. The van der Waals surface area contributed by atoms with Crippen molar-refractivity contribution in [1.82, 2.24) is 0 Å². The summed E-state index contributed by atoms with van der Waals surface area (Å²) in [5.74, 6) is -0.683. The van der Waals surface area contributed by atoms with Gasteiger partial charge in [-0.15, -0.1) is 0 Å². The Kier molecular flexibility index (Phi) is 10.7. The molecule has 0 heterocycles. The van der Waals surface area contributed by atoms with Gasteiger partial charge in [0.2, 0.25) is 0 Å². The smallest absolute Gasteiger partial charge is 0.339 e. The zero-order valence-corrected chi connectivity index (χ0v) is 17.1. The molecular formula is C22H33FO4. The number of ether oxygens (including phenoxy) is 2. The molecule has 0 bridgehead atoms. The van der Waals surface area contributed by atoms with Crippen molar-refractivity contribution in [2.45, 2.75) is 66.2 Å². The topological polar surface area (TPSA) is 52.6 Å². The Bertz CT molecular complexity index is 596. The van der Waals surface area contributed by atoms with E-state index in [1.807, 2.05) is 0 Å². The molecule has 0 radical (unpaired) electrons. The average Bonchev–Trinajstić information content (AvgIpc) is 2.60. The summed E-state index contributed by atoms with van der Waals surface area (Å²) < 4.78 is 24.0. The molecule has 0 atom stereocenters. The van der Waals surface area contributed by atoms with E-state index >= 15 is 0 Å². The second-order valence-corrected chi connectivity index (χ2v) is 7.74. The molecule has 0 saturated carbocycles. The second kappa shape index (κ2) is 12.5. The van der Waals surface area contributed by atoms with Gasteiger partial charge in [0.25, 0.3) is 0 Å². The molecule has 1 aromatic rings. The van der Waals surface area contributed by atoms with Crippen LogP contribution in [0.15, 0.2) is 18.2 Å².